The smallest absolute Gasteiger partial charge is 0.293 e. The largest absolute Gasteiger partial charge is 0.490 e. The van der Waals surface area contributed by atoms with E-state index in [0.717, 1.165) is 21.8 Å². The quantitative estimate of drug-likeness (QED) is 0.461. The van der Waals surface area contributed by atoms with Gasteiger partial charge in [-0.1, -0.05) is 28.6 Å². The lowest BCUT2D eigenvalue weighted by molar-refractivity contribution is -0.123. The number of rotatable bonds is 7. The highest BCUT2D eigenvalue weighted by Crippen LogP contribution is 2.38. The molecule has 0 bridgehead atoms. The average Bonchev–Trinajstić information content (AvgIpc) is 2.83. The first-order chi connectivity index (χ1) is 11.9. The number of nitrogens with zero attached hydrogens (tertiary/aromatic N) is 1. The minimum absolute atomic E-state index is 0.171. The molecular formula is C18H20BrNO4S. The number of amides is 2. The van der Waals surface area contributed by atoms with E-state index < -0.39 is 0 Å². The van der Waals surface area contributed by atoms with Gasteiger partial charge in [0, 0.05) is 10.5 Å². The van der Waals surface area contributed by atoms with Crippen LogP contribution in [0.4, 0.5) is 4.79 Å². The molecule has 1 aromatic carbocycles. The standard InChI is InChI=1S/C18H20BrNO4S/c1-5-7-24-15-10-13(19)12(8-14(15)23-6-2)9-16-17(21)20(11(3)4)18(22)25-16/h5,8-11H,1,6-7H2,2-4H3/b16-9+. The molecule has 0 N–H and O–H groups in total. The number of ether oxygens (including phenoxy) is 2. The molecule has 1 aliphatic heterocycles. The first-order valence-electron chi connectivity index (χ1n) is 7.86. The van der Waals surface area contributed by atoms with Gasteiger partial charge in [0.1, 0.15) is 6.61 Å². The summed E-state index contributed by atoms with van der Waals surface area (Å²) in [4.78, 5) is 26.1. The molecule has 25 heavy (non-hydrogen) atoms. The van der Waals surface area contributed by atoms with E-state index in [4.69, 9.17) is 9.47 Å². The summed E-state index contributed by atoms with van der Waals surface area (Å²) in [6, 6.07) is 3.40. The van der Waals surface area contributed by atoms with Crippen LogP contribution in [0.25, 0.3) is 6.08 Å². The molecule has 0 atom stereocenters. The lowest BCUT2D eigenvalue weighted by Crippen LogP contribution is -2.34. The second-order valence-corrected chi connectivity index (χ2v) is 7.35. The third-order valence-corrected chi connectivity index (χ3v) is 4.92. The highest BCUT2D eigenvalue weighted by Gasteiger charge is 2.36. The monoisotopic (exact) mass is 425 g/mol. The lowest BCUT2D eigenvalue weighted by atomic mass is 10.1. The Labute approximate surface area is 160 Å². The molecule has 0 aromatic heterocycles. The number of carbonyl (C=O) groups is 2. The van der Waals surface area contributed by atoms with Crippen LogP contribution in [0.3, 0.4) is 0 Å². The van der Waals surface area contributed by atoms with E-state index in [-0.39, 0.29) is 17.2 Å². The molecule has 5 nitrogen and oxygen atoms in total. The molecule has 0 saturated carbocycles. The van der Waals surface area contributed by atoms with Crippen molar-refractivity contribution in [2.75, 3.05) is 13.2 Å². The van der Waals surface area contributed by atoms with Gasteiger partial charge >= 0.3 is 0 Å². The SMILES string of the molecule is C=CCOc1cc(Br)c(/C=C2/SC(=O)N(C(C)C)C2=O)cc1OCC. The van der Waals surface area contributed by atoms with E-state index in [1.54, 1.807) is 24.3 Å². The van der Waals surface area contributed by atoms with Gasteiger partial charge in [-0.2, -0.15) is 0 Å². The second kappa shape index (κ2) is 8.58. The van der Waals surface area contributed by atoms with Crippen molar-refractivity contribution in [1.29, 1.82) is 0 Å². The molecule has 0 spiro atoms. The van der Waals surface area contributed by atoms with Crippen LogP contribution >= 0.6 is 27.7 Å². The molecule has 1 aromatic rings. The second-order valence-electron chi connectivity index (χ2n) is 5.50. The predicted molar refractivity (Wildman–Crippen MR) is 104 cm³/mol. The molecule has 1 saturated heterocycles. The summed E-state index contributed by atoms with van der Waals surface area (Å²) < 4.78 is 12.0. The van der Waals surface area contributed by atoms with E-state index in [2.05, 4.69) is 22.5 Å². The molecule has 1 aliphatic rings. The Morgan fingerprint density at radius 2 is 1.96 bits per heavy atom. The number of hydrogen-bond acceptors (Lipinski definition) is 5. The summed E-state index contributed by atoms with van der Waals surface area (Å²) >= 11 is 4.43. The van der Waals surface area contributed by atoms with Crippen molar-refractivity contribution in [1.82, 2.24) is 4.90 Å². The normalized spacial score (nSPS) is 16.0. The fraction of sp³-hybridized carbons (Fsp3) is 0.333. The molecule has 1 fully saturated rings. The van der Waals surface area contributed by atoms with Crippen molar-refractivity contribution in [3.05, 3.63) is 39.7 Å². The van der Waals surface area contributed by atoms with Gasteiger partial charge in [0.15, 0.2) is 11.5 Å². The van der Waals surface area contributed by atoms with E-state index in [9.17, 15) is 9.59 Å². The summed E-state index contributed by atoms with van der Waals surface area (Å²) in [6.45, 7) is 9.98. The molecule has 2 amide bonds. The molecule has 7 heteroatoms. The minimum atomic E-state index is -0.276. The molecule has 2 rings (SSSR count). The van der Waals surface area contributed by atoms with Crippen LogP contribution in [0.1, 0.15) is 26.3 Å². The average molecular weight is 426 g/mol. The van der Waals surface area contributed by atoms with Crippen LogP contribution in [0.2, 0.25) is 0 Å². The van der Waals surface area contributed by atoms with Crippen LogP contribution in [0, 0.1) is 0 Å². The molecule has 134 valence electrons. The van der Waals surface area contributed by atoms with Gasteiger partial charge in [-0.05, 0) is 56.3 Å². The summed E-state index contributed by atoms with van der Waals surface area (Å²) in [7, 11) is 0. The van der Waals surface area contributed by atoms with Crippen molar-refractivity contribution in [3.63, 3.8) is 0 Å². The molecule has 0 radical (unpaired) electrons. The van der Waals surface area contributed by atoms with Crippen molar-refractivity contribution in [2.24, 2.45) is 0 Å². The highest BCUT2D eigenvalue weighted by atomic mass is 79.9. The predicted octanol–water partition coefficient (Wildman–Crippen LogP) is 4.86. The third-order valence-electron chi connectivity index (χ3n) is 3.35. The highest BCUT2D eigenvalue weighted by molar-refractivity contribution is 9.10. The Balaban J connectivity index is 2.39. The fourth-order valence-corrected chi connectivity index (χ4v) is 3.65. The number of hydrogen-bond donors (Lipinski definition) is 0. The van der Waals surface area contributed by atoms with Gasteiger partial charge in [0.25, 0.3) is 11.1 Å². The van der Waals surface area contributed by atoms with E-state index in [1.165, 1.54) is 4.90 Å². The van der Waals surface area contributed by atoms with E-state index in [1.807, 2.05) is 20.8 Å². The van der Waals surface area contributed by atoms with Crippen molar-refractivity contribution in [2.45, 2.75) is 26.8 Å². The van der Waals surface area contributed by atoms with Gasteiger partial charge in [-0.15, -0.1) is 0 Å². The van der Waals surface area contributed by atoms with Crippen molar-refractivity contribution >= 4 is 44.9 Å². The number of halogens is 1. The zero-order valence-corrected chi connectivity index (χ0v) is 16.8. The first-order valence-corrected chi connectivity index (χ1v) is 9.47. The topological polar surface area (TPSA) is 55.8 Å². The Morgan fingerprint density at radius 1 is 1.28 bits per heavy atom. The molecular weight excluding hydrogens is 406 g/mol. The lowest BCUT2D eigenvalue weighted by Gasteiger charge is -2.16. The Hall–Kier alpha value is -1.73. The third kappa shape index (κ3) is 4.46. The number of thioether (sulfide) groups is 1. The van der Waals surface area contributed by atoms with Gasteiger partial charge in [-0.3, -0.25) is 14.5 Å². The van der Waals surface area contributed by atoms with Crippen LogP contribution in [0.15, 0.2) is 34.2 Å². The van der Waals surface area contributed by atoms with Crippen LogP contribution in [-0.4, -0.2) is 35.3 Å². The van der Waals surface area contributed by atoms with Gasteiger partial charge in [-0.25, -0.2) is 0 Å². The summed E-state index contributed by atoms with van der Waals surface area (Å²) in [6.07, 6.45) is 3.34. The Morgan fingerprint density at radius 3 is 2.52 bits per heavy atom. The molecule has 1 heterocycles. The summed E-state index contributed by atoms with van der Waals surface area (Å²) in [5.41, 5.74) is 0.739. The van der Waals surface area contributed by atoms with Crippen LogP contribution in [0.5, 0.6) is 11.5 Å². The molecule has 0 aliphatic carbocycles. The van der Waals surface area contributed by atoms with Gasteiger partial charge in [0.2, 0.25) is 0 Å². The zero-order chi connectivity index (χ0) is 18.6. The minimum Gasteiger partial charge on any atom is -0.490 e. The maximum Gasteiger partial charge on any atom is 0.293 e. The van der Waals surface area contributed by atoms with Gasteiger partial charge in [0.05, 0.1) is 11.5 Å². The zero-order valence-electron chi connectivity index (χ0n) is 14.4. The number of benzene rings is 1. The Kier molecular flexibility index (Phi) is 6.72. The Bertz CT molecular complexity index is 730. The number of imide groups is 1. The summed E-state index contributed by atoms with van der Waals surface area (Å²) in [5.74, 6) is 0.879. The number of carbonyl (C=O) groups excluding carboxylic acids is 2. The van der Waals surface area contributed by atoms with E-state index in [0.29, 0.717) is 29.6 Å². The van der Waals surface area contributed by atoms with Crippen LogP contribution in [-0.2, 0) is 4.79 Å². The summed E-state index contributed by atoms with van der Waals surface area (Å²) in [5, 5.41) is -0.252. The van der Waals surface area contributed by atoms with Gasteiger partial charge < -0.3 is 9.47 Å². The maximum atomic E-state index is 12.4. The van der Waals surface area contributed by atoms with Crippen molar-refractivity contribution in [3.8, 4) is 11.5 Å². The van der Waals surface area contributed by atoms with Crippen LogP contribution < -0.4 is 9.47 Å². The fourth-order valence-electron chi connectivity index (χ4n) is 2.26. The van der Waals surface area contributed by atoms with Crippen molar-refractivity contribution < 1.29 is 19.1 Å². The first kappa shape index (κ1) is 19.6. The van der Waals surface area contributed by atoms with E-state index >= 15 is 0 Å². The molecule has 0 unspecified atom stereocenters. The maximum absolute atomic E-state index is 12.4.